The molecule has 1 aliphatic rings. The van der Waals surface area contributed by atoms with E-state index in [2.05, 4.69) is 18.2 Å². The number of benzene rings is 3. The van der Waals surface area contributed by atoms with E-state index in [0.717, 1.165) is 17.5 Å². The number of amides is 1. The van der Waals surface area contributed by atoms with Crippen molar-refractivity contribution in [1.29, 1.82) is 0 Å². The van der Waals surface area contributed by atoms with E-state index in [-0.39, 0.29) is 11.9 Å². The second-order valence-corrected chi connectivity index (χ2v) is 7.04. The van der Waals surface area contributed by atoms with Crippen LogP contribution in [0, 0.1) is 0 Å². The lowest BCUT2D eigenvalue weighted by atomic mass is 9.87. The quantitative estimate of drug-likeness (QED) is 0.632. The molecular weight excluding hydrogens is 358 g/mol. The number of nitrogens with zero attached hydrogens (tertiary/aromatic N) is 1. The third kappa shape index (κ3) is 3.31. The normalized spacial score (nSPS) is 15.9. The van der Waals surface area contributed by atoms with Gasteiger partial charge in [-0.2, -0.15) is 0 Å². The Morgan fingerprint density at radius 1 is 1.00 bits per heavy atom. The number of fused-ring (bicyclic) bond motifs is 1. The zero-order chi connectivity index (χ0) is 18.8. The molecule has 136 valence electrons. The molecule has 0 saturated carbocycles. The molecule has 1 aliphatic heterocycles. The lowest BCUT2D eigenvalue weighted by Gasteiger charge is -2.38. The Morgan fingerprint density at radius 2 is 1.70 bits per heavy atom. The number of carbonyl (C=O) groups is 1. The smallest absolute Gasteiger partial charge is 0.258 e. The zero-order valence-corrected chi connectivity index (χ0v) is 15.8. The van der Waals surface area contributed by atoms with Crippen LogP contribution < -0.4 is 4.74 Å². The number of rotatable bonds is 3. The second-order valence-electron chi connectivity index (χ2n) is 6.60. The van der Waals surface area contributed by atoms with Crippen LogP contribution in [0.5, 0.6) is 5.75 Å². The lowest BCUT2D eigenvalue weighted by molar-refractivity contribution is 0.0691. The van der Waals surface area contributed by atoms with E-state index >= 15 is 0 Å². The Morgan fingerprint density at radius 3 is 2.48 bits per heavy atom. The van der Waals surface area contributed by atoms with Crippen molar-refractivity contribution in [2.24, 2.45) is 0 Å². The number of carbonyl (C=O) groups excluding carboxylic acids is 1. The highest BCUT2D eigenvalue weighted by Gasteiger charge is 2.33. The van der Waals surface area contributed by atoms with Crippen molar-refractivity contribution in [3.8, 4) is 5.75 Å². The first-order valence-electron chi connectivity index (χ1n) is 8.96. The van der Waals surface area contributed by atoms with Gasteiger partial charge in [0.15, 0.2) is 0 Å². The van der Waals surface area contributed by atoms with Gasteiger partial charge in [-0.15, -0.1) is 0 Å². The average Bonchev–Trinajstić information content (AvgIpc) is 2.73. The molecule has 0 aromatic heterocycles. The van der Waals surface area contributed by atoms with Crippen LogP contribution in [0.15, 0.2) is 72.8 Å². The predicted molar refractivity (Wildman–Crippen MR) is 107 cm³/mol. The van der Waals surface area contributed by atoms with E-state index < -0.39 is 0 Å². The highest BCUT2D eigenvalue weighted by molar-refractivity contribution is 6.30. The number of halogens is 1. The van der Waals surface area contributed by atoms with Crippen molar-refractivity contribution < 1.29 is 9.53 Å². The topological polar surface area (TPSA) is 29.5 Å². The van der Waals surface area contributed by atoms with Crippen molar-refractivity contribution >= 4 is 17.5 Å². The van der Waals surface area contributed by atoms with Gasteiger partial charge in [-0.3, -0.25) is 4.79 Å². The maximum Gasteiger partial charge on any atom is 0.258 e. The Balaban J connectivity index is 1.81. The van der Waals surface area contributed by atoms with Gasteiger partial charge in [-0.1, -0.05) is 60.1 Å². The van der Waals surface area contributed by atoms with Crippen molar-refractivity contribution in [1.82, 2.24) is 4.90 Å². The van der Waals surface area contributed by atoms with Crippen LogP contribution in [-0.2, 0) is 6.42 Å². The van der Waals surface area contributed by atoms with Gasteiger partial charge in [0.1, 0.15) is 5.75 Å². The molecule has 0 N–H and O–H groups in total. The van der Waals surface area contributed by atoms with Crippen LogP contribution >= 0.6 is 11.6 Å². The Kier molecular flexibility index (Phi) is 4.87. The fraction of sp³-hybridized carbons (Fsp3) is 0.174. The maximum atomic E-state index is 13.5. The molecule has 3 aromatic carbocycles. The largest absolute Gasteiger partial charge is 0.496 e. The highest BCUT2D eigenvalue weighted by Crippen LogP contribution is 2.37. The monoisotopic (exact) mass is 377 g/mol. The molecule has 0 spiro atoms. The zero-order valence-electron chi connectivity index (χ0n) is 15.1. The molecule has 0 radical (unpaired) electrons. The molecule has 3 aromatic rings. The van der Waals surface area contributed by atoms with Crippen LogP contribution in [0.3, 0.4) is 0 Å². The Hall–Kier alpha value is -2.78. The minimum absolute atomic E-state index is 0.0260. The molecule has 1 heterocycles. The van der Waals surface area contributed by atoms with Gasteiger partial charge in [0.25, 0.3) is 5.91 Å². The molecule has 1 atom stereocenters. The average molecular weight is 378 g/mol. The molecule has 27 heavy (non-hydrogen) atoms. The minimum Gasteiger partial charge on any atom is -0.496 e. The van der Waals surface area contributed by atoms with Gasteiger partial charge in [-0.25, -0.2) is 0 Å². The summed E-state index contributed by atoms with van der Waals surface area (Å²) in [5.74, 6) is 0.568. The SMILES string of the molecule is COc1ccccc1C(=O)N1CCc2ccccc2C1c1ccc(Cl)cc1. The molecule has 0 saturated heterocycles. The number of para-hydroxylation sites is 1. The summed E-state index contributed by atoms with van der Waals surface area (Å²) in [6, 6.07) is 23.3. The van der Waals surface area contributed by atoms with Gasteiger partial charge < -0.3 is 9.64 Å². The van der Waals surface area contributed by atoms with Gasteiger partial charge in [0, 0.05) is 11.6 Å². The van der Waals surface area contributed by atoms with Crippen molar-refractivity contribution in [2.45, 2.75) is 12.5 Å². The highest BCUT2D eigenvalue weighted by atomic mass is 35.5. The molecular formula is C23H20ClNO2. The molecule has 1 amide bonds. The standard InChI is InChI=1S/C23H20ClNO2/c1-27-21-9-5-4-8-20(21)23(26)25-15-14-16-6-2-3-7-19(16)22(25)17-10-12-18(24)13-11-17/h2-13,22H,14-15H2,1H3. The van der Waals surface area contributed by atoms with Crippen LogP contribution in [0.4, 0.5) is 0 Å². The summed E-state index contributed by atoms with van der Waals surface area (Å²) in [7, 11) is 1.59. The van der Waals surface area contributed by atoms with E-state index in [0.29, 0.717) is 22.9 Å². The predicted octanol–water partition coefficient (Wildman–Crippen LogP) is 5.14. The maximum absolute atomic E-state index is 13.5. The third-order valence-corrected chi connectivity index (χ3v) is 5.32. The summed E-state index contributed by atoms with van der Waals surface area (Å²) in [6.45, 7) is 0.654. The van der Waals surface area contributed by atoms with Gasteiger partial charge >= 0.3 is 0 Å². The molecule has 4 heteroatoms. The number of hydrogen-bond donors (Lipinski definition) is 0. The molecule has 1 unspecified atom stereocenters. The van der Waals surface area contributed by atoms with E-state index in [4.69, 9.17) is 16.3 Å². The first-order chi connectivity index (χ1) is 13.2. The number of methoxy groups -OCH3 is 1. The molecule has 4 rings (SSSR count). The number of hydrogen-bond acceptors (Lipinski definition) is 2. The summed E-state index contributed by atoms with van der Waals surface area (Å²) in [6.07, 6.45) is 0.834. The van der Waals surface area contributed by atoms with Gasteiger partial charge in [0.2, 0.25) is 0 Å². The summed E-state index contributed by atoms with van der Waals surface area (Å²) < 4.78 is 5.42. The Labute approximate surface area is 164 Å². The van der Waals surface area contributed by atoms with E-state index in [1.54, 1.807) is 7.11 Å². The first-order valence-corrected chi connectivity index (χ1v) is 9.34. The van der Waals surface area contributed by atoms with Crippen LogP contribution in [-0.4, -0.2) is 24.5 Å². The van der Waals surface area contributed by atoms with Crippen LogP contribution in [0.25, 0.3) is 0 Å². The molecule has 0 bridgehead atoms. The van der Waals surface area contributed by atoms with Crippen LogP contribution in [0.2, 0.25) is 5.02 Å². The first kappa shape index (κ1) is 17.6. The Bertz CT molecular complexity index is 968. The van der Waals surface area contributed by atoms with Gasteiger partial charge in [0.05, 0.1) is 18.7 Å². The van der Waals surface area contributed by atoms with E-state index in [1.165, 1.54) is 5.56 Å². The fourth-order valence-corrected chi connectivity index (χ4v) is 3.89. The molecule has 3 nitrogen and oxygen atoms in total. The summed E-state index contributed by atoms with van der Waals surface area (Å²) in [5, 5.41) is 0.686. The second kappa shape index (κ2) is 7.45. The fourth-order valence-electron chi connectivity index (χ4n) is 3.77. The van der Waals surface area contributed by atoms with E-state index in [9.17, 15) is 4.79 Å². The lowest BCUT2D eigenvalue weighted by Crippen LogP contribution is -2.40. The van der Waals surface area contributed by atoms with E-state index in [1.807, 2.05) is 59.5 Å². The van der Waals surface area contributed by atoms with Crippen LogP contribution in [0.1, 0.15) is 33.1 Å². The minimum atomic E-state index is -0.148. The van der Waals surface area contributed by atoms with Crippen molar-refractivity contribution in [3.05, 3.63) is 100 Å². The molecule has 0 fully saturated rings. The summed E-state index contributed by atoms with van der Waals surface area (Å²) >= 11 is 6.09. The third-order valence-electron chi connectivity index (χ3n) is 5.07. The van der Waals surface area contributed by atoms with Crippen molar-refractivity contribution in [2.75, 3.05) is 13.7 Å². The summed E-state index contributed by atoms with van der Waals surface area (Å²) in [4.78, 5) is 15.4. The van der Waals surface area contributed by atoms with Gasteiger partial charge in [-0.05, 0) is 47.4 Å². The number of ether oxygens (including phenoxy) is 1. The van der Waals surface area contributed by atoms with Crippen molar-refractivity contribution in [3.63, 3.8) is 0 Å². The summed E-state index contributed by atoms with van der Waals surface area (Å²) in [5.41, 5.74) is 4.07. The molecule has 0 aliphatic carbocycles.